The van der Waals surface area contributed by atoms with E-state index in [2.05, 4.69) is 31.4 Å². The van der Waals surface area contributed by atoms with Crippen molar-refractivity contribution >= 4 is 0 Å². The molecule has 0 N–H and O–H groups in total. The average Bonchev–Trinajstić information content (AvgIpc) is 2.20. The van der Waals surface area contributed by atoms with Crippen molar-refractivity contribution in [3.05, 3.63) is 48.0 Å². The minimum Gasteiger partial charge on any atom is -0.365 e. The molecule has 0 saturated carbocycles. The number of benzene rings is 1. The summed E-state index contributed by atoms with van der Waals surface area (Å²) in [5, 5.41) is 0. The molecule has 0 spiro atoms. The van der Waals surface area contributed by atoms with Crippen molar-refractivity contribution < 1.29 is 4.74 Å². The molecule has 0 aliphatic rings. The van der Waals surface area contributed by atoms with E-state index in [-0.39, 0.29) is 0 Å². The highest BCUT2D eigenvalue weighted by Gasteiger charge is 1.89. The molecule has 0 bridgehead atoms. The Labute approximate surface area is 85.4 Å². The van der Waals surface area contributed by atoms with Crippen LogP contribution in [0.4, 0.5) is 0 Å². The summed E-state index contributed by atoms with van der Waals surface area (Å²) in [4.78, 5) is 0. The summed E-state index contributed by atoms with van der Waals surface area (Å²) in [6, 6.07) is 8.06. The first kappa shape index (κ1) is 10.6. The third-order valence-corrected chi connectivity index (χ3v) is 1.78. The van der Waals surface area contributed by atoms with Gasteiger partial charge < -0.3 is 4.74 Å². The van der Waals surface area contributed by atoms with Crippen LogP contribution in [-0.2, 0) is 4.74 Å². The summed E-state index contributed by atoms with van der Waals surface area (Å²) in [5.74, 6) is 6.02. The lowest BCUT2D eigenvalue weighted by molar-refractivity contribution is 0.199. The number of hydrogen-bond acceptors (Lipinski definition) is 1. The zero-order valence-corrected chi connectivity index (χ0v) is 8.42. The molecule has 1 aromatic carbocycles. The highest BCUT2D eigenvalue weighted by molar-refractivity contribution is 5.40. The van der Waals surface area contributed by atoms with Crippen LogP contribution < -0.4 is 0 Å². The van der Waals surface area contributed by atoms with Gasteiger partial charge in [0.15, 0.2) is 0 Å². The van der Waals surface area contributed by atoms with Gasteiger partial charge in [0.25, 0.3) is 0 Å². The molecule has 0 radical (unpaired) electrons. The Kier molecular flexibility index (Phi) is 4.54. The summed E-state index contributed by atoms with van der Waals surface area (Å²) in [6.07, 6.45) is 1.72. The number of aryl methyl sites for hydroxylation is 1. The molecular weight excluding hydrogens is 172 g/mol. The molecule has 0 unspecified atom stereocenters. The van der Waals surface area contributed by atoms with E-state index < -0.39 is 0 Å². The van der Waals surface area contributed by atoms with Gasteiger partial charge >= 0.3 is 0 Å². The van der Waals surface area contributed by atoms with E-state index in [1.807, 2.05) is 18.2 Å². The van der Waals surface area contributed by atoms with Gasteiger partial charge in [-0.05, 0) is 18.6 Å². The van der Waals surface area contributed by atoms with Gasteiger partial charge in [-0.3, -0.25) is 0 Å². The van der Waals surface area contributed by atoms with Gasteiger partial charge in [0.2, 0.25) is 0 Å². The number of ether oxygens (including phenoxy) is 1. The fraction of sp³-hybridized carbons (Fsp3) is 0.231. The van der Waals surface area contributed by atoms with E-state index in [0.717, 1.165) is 5.56 Å². The van der Waals surface area contributed by atoms with Gasteiger partial charge in [-0.2, -0.15) is 0 Å². The lowest BCUT2D eigenvalue weighted by Gasteiger charge is -1.95. The van der Waals surface area contributed by atoms with E-state index >= 15 is 0 Å². The Balaban J connectivity index is 2.51. The Morgan fingerprint density at radius 2 is 2.21 bits per heavy atom. The molecule has 1 aromatic rings. The maximum absolute atomic E-state index is 5.15. The summed E-state index contributed by atoms with van der Waals surface area (Å²) in [5.41, 5.74) is 2.26. The molecule has 72 valence electrons. The molecule has 1 rings (SSSR count). The third kappa shape index (κ3) is 3.47. The molecular formula is C13H14O. The molecule has 0 heterocycles. The predicted molar refractivity (Wildman–Crippen MR) is 59.1 cm³/mol. The molecule has 1 nitrogen and oxygen atoms in total. The molecule has 14 heavy (non-hydrogen) atoms. The van der Waals surface area contributed by atoms with Crippen molar-refractivity contribution in [1.82, 2.24) is 0 Å². The Morgan fingerprint density at radius 1 is 1.43 bits per heavy atom. The van der Waals surface area contributed by atoms with Crippen molar-refractivity contribution in [2.45, 2.75) is 6.92 Å². The van der Waals surface area contributed by atoms with Crippen LogP contribution >= 0.6 is 0 Å². The smallest absolute Gasteiger partial charge is 0.108 e. The quantitative estimate of drug-likeness (QED) is 0.400. The standard InChI is InChI=1S/C13H14O/c1-3-10-14-11-6-9-13-8-5-4-7-12(13)2/h3-5,7-8H,1,10-11H2,2H3. The minimum absolute atomic E-state index is 0.459. The molecule has 0 atom stereocenters. The normalized spacial score (nSPS) is 8.93. The second-order valence-corrected chi connectivity index (χ2v) is 2.92. The Hall–Kier alpha value is -1.52. The zero-order valence-electron chi connectivity index (χ0n) is 8.42. The van der Waals surface area contributed by atoms with Gasteiger partial charge in [0.05, 0.1) is 6.61 Å². The molecule has 0 aliphatic carbocycles. The third-order valence-electron chi connectivity index (χ3n) is 1.78. The van der Waals surface area contributed by atoms with Gasteiger partial charge in [0, 0.05) is 5.56 Å². The highest BCUT2D eigenvalue weighted by Crippen LogP contribution is 2.03. The van der Waals surface area contributed by atoms with Gasteiger partial charge in [-0.25, -0.2) is 0 Å². The van der Waals surface area contributed by atoms with Crippen LogP contribution in [0.25, 0.3) is 0 Å². The largest absolute Gasteiger partial charge is 0.365 e. The van der Waals surface area contributed by atoms with Crippen LogP contribution in [-0.4, -0.2) is 13.2 Å². The van der Waals surface area contributed by atoms with Crippen molar-refractivity contribution in [3.63, 3.8) is 0 Å². The summed E-state index contributed by atoms with van der Waals surface area (Å²) >= 11 is 0. The summed E-state index contributed by atoms with van der Waals surface area (Å²) < 4.78 is 5.15. The van der Waals surface area contributed by atoms with Crippen molar-refractivity contribution in [3.8, 4) is 11.8 Å². The van der Waals surface area contributed by atoms with Crippen LogP contribution in [0.2, 0.25) is 0 Å². The van der Waals surface area contributed by atoms with Crippen molar-refractivity contribution in [2.24, 2.45) is 0 Å². The molecule has 0 fully saturated rings. The predicted octanol–water partition coefficient (Wildman–Crippen LogP) is 2.55. The minimum atomic E-state index is 0.459. The topological polar surface area (TPSA) is 9.23 Å². The highest BCUT2D eigenvalue weighted by atomic mass is 16.5. The number of rotatable bonds is 3. The average molecular weight is 186 g/mol. The zero-order chi connectivity index (χ0) is 10.2. The SMILES string of the molecule is C=CCOCC#Cc1ccccc1C. The fourth-order valence-electron chi connectivity index (χ4n) is 1.04. The Bertz CT molecular complexity index is 355. The fourth-order valence-corrected chi connectivity index (χ4v) is 1.04. The lowest BCUT2D eigenvalue weighted by atomic mass is 10.1. The van der Waals surface area contributed by atoms with Crippen LogP contribution in [0.1, 0.15) is 11.1 Å². The van der Waals surface area contributed by atoms with Crippen LogP contribution in [0.3, 0.4) is 0 Å². The van der Waals surface area contributed by atoms with E-state index in [9.17, 15) is 0 Å². The maximum atomic E-state index is 5.15. The number of hydrogen-bond donors (Lipinski definition) is 0. The maximum Gasteiger partial charge on any atom is 0.108 e. The molecule has 0 aliphatic heterocycles. The molecule has 0 aromatic heterocycles. The Morgan fingerprint density at radius 3 is 2.93 bits per heavy atom. The lowest BCUT2D eigenvalue weighted by Crippen LogP contribution is -1.90. The molecule has 0 saturated heterocycles. The second kappa shape index (κ2) is 6.01. The first-order valence-corrected chi connectivity index (χ1v) is 4.57. The van der Waals surface area contributed by atoms with Crippen LogP contribution in [0.5, 0.6) is 0 Å². The first-order valence-electron chi connectivity index (χ1n) is 4.57. The molecule has 0 amide bonds. The van der Waals surface area contributed by atoms with Crippen molar-refractivity contribution in [1.29, 1.82) is 0 Å². The van der Waals surface area contributed by atoms with Crippen LogP contribution in [0, 0.1) is 18.8 Å². The molecule has 1 heteroatoms. The first-order chi connectivity index (χ1) is 6.84. The van der Waals surface area contributed by atoms with E-state index in [1.54, 1.807) is 6.08 Å². The van der Waals surface area contributed by atoms with E-state index in [1.165, 1.54) is 5.56 Å². The van der Waals surface area contributed by atoms with Gasteiger partial charge in [-0.1, -0.05) is 36.1 Å². The van der Waals surface area contributed by atoms with E-state index in [4.69, 9.17) is 4.74 Å². The summed E-state index contributed by atoms with van der Waals surface area (Å²) in [7, 11) is 0. The van der Waals surface area contributed by atoms with Crippen LogP contribution in [0.15, 0.2) is 36.9 Å². The monoisotopic (exact) mass is 186 g/mol. The summed E-state index contributed by atoms with van der Waals surface area (Å²) in [6.45, 7) is 6.62. The van der Waals surface area contributed by atoms with Gasteiger partial charge in [-0.15, -0.1) is 6.58 Å². The second-order valence-electron chi connectivity index (χ2n) is 2.92. The van der Waals surface area contributed by atoms with E-state index in [0.29, 0.717) is 13.2 Å². The van der Waals surface area contributed by atoms with Crippen molar-refractivity contribution in [2.75, 3.05) is 13.2 Å². The van der Waals surface area contributed by atoms with Gasteiger partial charge in [0.1, 0.15) is 6.61 Å².